The van der Waals surface area contributed by atoms with E-state index in [2.05, 4.69) is 5.32 Å². The summed E-state index contributed by atoms with van der Waals surface area (Å²) in [5, 5.41) is 14.7. The van der Waals surface area contributed by atoms with Gasteiger partial charge in [0.05, 0.1) is 11.4 Å². The van der Waals surface area contributed by atoms with Crippen molar-refractivity contribution < 1.29 is 13.2 Å². The molecule has 0 bridgehead atoms. The smallest absolute Gasteiger partial charge is 0.239 e. The summed E-state index contributed by atoms with van der Waals surface area (Å²) in [7, 11) is -2.18. The predicted octanol–water partition coefficient (Wildman–Crippen LogP) is -1.22. The zero-order chi connectivity index (χ0) is 15.3. The van der Waals surface area contributed by atoms with Gasteiger partial charge in [0, 0.05) is 13.6 Å². The summed E-state index contributed by atoms with van der Waals surface area (Å²) < 4.78 is 22.1. The Bertz CT molecular complexity index is 597. The summed E-state index contributed by atoms with van der Waals surface area (Å²) in [5.41, 5.74) is 5.94. The predicted molar refractivity (Wildman–Crippen MR) is 74.2 cm³/mol. The van der Waals surface area contributed by atoms with Crippen molar-refractivity contribution in [1.29, 1.82) is 5.41 Å². The first-order chi connectivity index (χ1) is 9.20. The molecule has 9 heteroatoms. The van der Waals surface area contributed by atoms with Crippen LogP contribution < -0.4 is 16.2 Å². The Balaban J connectivity index is 2.54. The molecule has 0 aliphatic rings. The summed E-state index contributed by atoms with van der Waals surface area (Å²) in [6.07, 6.45) is 0. The van der Waals surface area contributed by atoms with Crippen LogP contribution >= 0.6 is 0 Å². The molecule has 0 saturated carbocycles. The first-order valence-corrected chi connectivity index (χ1v) is 7.18. The Morgan fingerprint density at radius 2 is 1.90 bits per heavy atom. The number of guanidine groups is 1. The van der Waals surface area contributed by atoms with Crippen molar-refractivity contribution in [3.05, 3.63) is 29.8 Å². The first-order valence-electron chi connectivity index (χ1n) is 5.64. The van der Waals surface area contributed by atoms with Crippen molar-refractivity contribution in [2.75, 3.05) is 13.6 Å². The van der Waals surface area contributed by atoms with Gasteiger partial charge in [0.25, 0.3) is 0 Å². The van der Waals surface area contributed by atoms with E-state index in [0.29, 0.717) is 0 Å². The maximum Gasteiger partial charge on any atom is 0.239 e. The third-order valence-electron chi connectivity index (χ3n) is 2.53. The van der Waals surface area contributed by atoms with E-state index in [0.717, 1.165) is 5.56 Å². The lowest BCUT2D eigenvalue weighted by atomic mass is 10.2. The minimum atomic E-state index is -3.71. The number of nitrogens with zero attached hydrogens (tertiary/aromatic N) is 1. The van der Waals surface area contributed by atoms with E-state index < -0.39 is 10.0 Å². The third kappa shape index (κ3) is 4.86. The van der Waals surface area contributed by atoms with Gasteiger partial charge in [-0.25, -0.2) is 13.6 Å². The lowest BCUT2D eigenvalue weighted by molar-refractivity contribution is -0.121. The number of sulfonamides is 1. The molecular weight excluding hydrogens is 282 g/mol. The van der Waals surface area contributed by atoms with Crippen LogP contribution in [0.1, 0.15) is 5.56 Å². The van der Waals surface area contributed by atoms with Gasteiger partial charge in [-0.3, -0.25) is 10.2 Å². The largest absolute Gasteiger partial charge is 0.370 e. The fourth-order valence-corrected chi connectivity index (χ4v) is 1.87. The molecule has 0 aromatic heterocycles. The second-order valence-electron chi connectivity index (χ2n) is 4.21. The molecule has 0 aliphatic carbocycles. The number of nitrogens with two attached hydrogens (primary N) is 2. The van der Waals surface area contributed by atoms with E-state index in [1.165, 1.54) is 24.1 Å². The van der Waals surface area contributed by atoms with Gasteiger partial charge < -0.3 is 16.0 Å². The summed E-state index contributed by atoms with van der Waals surface area (Å²) in [4.78, 5) is 12.8. The van der Waals surface area contributed by atoms with Crippen LogP contribution in [0.25, 0.3) is 0 Å². The minimum Gasteiger partial charge on any atom is -0.370 e. The van der Waals surface area contributed by atoms with E-state index in [1.54, 1.807) is 12.1 Å². The molecule has 1 rings (SSSR count). The van der Waals surface area contributed by atoms with Gasteiger partial charge in [0.2, 0.25) is 15.9 Å². The Kier molecular flexibility index (Phi) is 5.06. The van der Waals surface area contributed by atoms with Crippen LogP contribution in [0, 0.1) is 5.41 Å². The molecular formula is C11H17N5O3S. The van der Waals surface area contributed by atoms with Gasteiger partial charge in [-0.05, 0) is 17.7 Å². The number of benzene rings is 1. The average molecular weight is 299 g/mol. The minimum absolute atomic E-state index is 0.0175. The van der Waals surface area contributed by atoms with Gasteiger partial charge in [-0.15, -0.1) is 0 Å². The molecule has 0 spiro atoms. The van der Waals surface area contributed by atoms with Crippen molar-refractivity contribution >= 4 is 21.9 Å². The van der Waals surface area contributed by atoms with Crippen LogP contribution in [-0.2, 0) is 21.4 Å². The fourth-order valence-electron chi connectivity index (χ4n) is 1.35. The van der Waals surface area contributed by atoms with Crippen molar-refractivity contribution in [1.82, 2.24) is 10.2 Å². The zero-order valence-corrected chi connectivity index (χ0v) is 11.8. The first kappa shape index (κ1) is 15.9. The van der Waals surface area contributed by atoms with Gasteiger partial charge in [-0.2, -0.15) is 0 Å². The number of nitrogens with one attached hydrogen (secondary N) is 2. The van der Waals surface area contributed by atoms with Gasteiger partial charge >= 0.3 is 0 Å². The molecule has 0 heterocycles. The van der Waals surface area contributed by atoms with Crippen molar-refractivity contribution in [3.63, 3.8) is 0 Å². The summed E-state index contributed by atoms with van der Waals surface area (Å²) in [6.45, 7) is 0.222. The zero-order valence-electron chi connectivity index (χ0n) is 11.0. The number of hydrogen-bond acceptors (Lipinski definition) is 4. The number of rotatable bonds is 5. The highest BCUT2D eigenvalue weighted by Gasteiger charge is 2.09. The van der Waals surface area contributed by atoms with E-state index >= 15 is 0 Å². The molecule has 0 radical (unpaired) electrons. The molecule has 110 valence electrons. The molecule has 6 N–H and O–H groups in total. The number of amides is 1. The maximum atomic E-state index is 11.5. The second kappa shape index (κ2) is 6.35. The Hall–Kier alpha value is -2.13. The van der Waals surface area contributed by atoms with E-state index in [9.17, 15) is 13.2 Å². The standard InChI is InChI=1S/C11H17N5O3S/c1-16(11(12)13)7-10(17)15-6-8-2-4-9(5-3-8)20(14,18)19/h2-5H,6-7H2,1H3,(H3,12,13)(H,15,17)(H2,14,18,19). The molecule has 1 amide bonds. The van der Waals surface area contributed by atoms with Crippen molar-refractivity contribution in [2.24, 2.45) is 10.9 Å². The molecule has 0 atom stereocenters. The van der Waals surface area contributed by atoms with Crippen LogP contribution in [0.5, 0.6) is 0 Å². The van der Waals surface area contributed by atoms with Crippen molar-refractivity contribution in [3.8, 4) is 0 Å². The molecule has 0 saturated heterocycles. The summed E-state index contributed by atoms with van der Waals surface area (Å²) in [6, 6.07) is 5.88. The number of hydrogen-bond donors (Lipinski definition) is 4. The molecule has 0 fully saturated rings. The van der Waals surface area contributed by atoms with E-state index in [-0.39, 0.29) is 29.9 Å². The van der Waals surface area contributed by atoms with Crippen LogP contribution in [0.3, 0.4) is 0 Å². The molecule has 1 aromatic rings. The highest BCUT2D eigenvalue weighted by atomic mass is 32.2. The number of likely N-dealkylation sites (N-methyl/N-ethyl adjacent to an activating group) is 1. The third-order valence-corrected chi connectivity index (χ3v) is 3.46. The Morgan fingerprint density at radius 1 is 1.35 bits per heavy atom. The number of primary sulfonamides is 1. The topological polar surface area (TPSA) is 142 Å². The van der Waals surface area contributed by atoms with E-state index in [4.69, 9.17) is 16.3 Å². The quantitative estimate of drug-likeness (QED) is 0.398. The molecule has 0 unspecified atom stereocenters. The Morgan fingerprint density at radius 3 is 2.35 bits per heavy atom. The van der Waals surface area contributed by atoms with E-state index in [1.807, 2.05) is 0 Å². The van der Waals surface area contributed by atoms with Gasteiger partial charge in [0.15, 0.2) is 5.96 Å². The number of carbonyl (C=O) groups is 1. The lowest BCUT2D eigenvalue weighted by Crippen LogP contribution is -2.41. The Labute approximate surface area is 117 Å². The van der Waals surface area contributed by atoms with Crippen LogP contribution in [0.15, 0.2) is 29.2 Å². The van der Waals surface area contributed by atoms with Crippen LogP contribution in [0.2, 0.25) is 0 Å². The average Bonchev–Trinajstić information content (AvgIpc) is 2.35. The summed E-state index contributed by atoms with van der Waals surface area (Å²) >= 11 is 0. The molecule has 1 aromatic carbocycles. The van der Waals surface area contributed by atoms with Gasteiger partial charge in [-0.1, -0.05) is 12.1 Å². The lowest BCUT2D eigenvalue weighted by Gasteiger charge is -2.15. The molecule has 8 nitrogen and oxygen atoms in total. The molecule has 0 aliphatic heterocycles. The highest BCUT2D eigenvalue weighted by Crippen LogP contribution is 2.08. The maximum absolute atomic E-state index is 11.5. The monoisotopic (exact) mass is 299 g/mol. The second-order valence-corrected chi connectivity index (χ2v) is 5.77. The van der Waals surface area contributed by atoms with Crippen molar-refractivity contribution in [2.45, 2.75) is 11.4 Å². The number of carbonyl (C=O) groups excluding carboxylic acids is 1. The molecule has 20 heavy (non-hydrogen) atoms. The van der Waals surface area contributed by atoms with Crippen LogP contribution in [-0.4, -0.2) is 38.8 Å². The van der Waals surface area contributed by atoms with Gasteiger partial charge in [0.1, 0.15) is 0 Å². The normalized spacial score (nSPS) is 10.9. The highest BCUT2D eigenvalue weighted by molar-refractivity contribution is 7.89. The SMILES string of the molecule is CN(CC(=O)NCc1ccc(S(N)(=O)=O)cc1)C(=N)N. The summed E-state index contributed by atoms with van der Waals surface area (Å²) in [5.74, 6) is -0.490. The van der Waals surface area contributed by atoms with Crippen LogP contribution in [0.4, 0.5) is 0 Å². The fraction of sp³-hybridized carbons (Fsp3) is 0.273.